The number of carbonyl (C=O) groups excluding carboxylic acids is 3. The summed E-state index contributed by atoms with van der Waals surface area (Å²) in [5.41, 5.74) is 0.554. The van der Waals surface area contributed by atoms with Gasteiger partial charge >= 0.3 is 18.2 Å². The van der Waals surface area contributed by atoms with Crippen LogP contribution in [0.25, 0.3) is 0 Å². The number of benzene rings is 2. The van der Waals surface area contributed by atoms with Crippen LogP contribution < -0.4 is 10.2 Å². The van der Waals surface area contributed by atoms with E-state index in [9.17, 15) is 32.8 Å². The molecule has 0 spiro atoms. The van der Waals surface area contributed by atoms with Crippen LogP contribution in [0.1, 0.15) is 41.3 Å². The molecule has 9 nitrogen and oxygen atoms in total. The van der Waals surface area contributed by atoms with Gasteiger partial charge in [0, 0.05) is 30.9 Å². The monoisotopic (exact) mass is 534 g/mol. The van der Waals surface area contributed by atoms with Crippen LogP contribution in [0, 0.1) is 11.3 Å². The van der Waals surface area contributed by atoms with Gasteiger partial charge in [-0.1, -0.05) is 18.2 Å². The Labute approximate surface area is 220 Å². The summed E-state index contributed by atoms with van der Waals surface area (Å²) in [6.45, 7) is -0.0348. The van der Waals surface area contributed by atoms with Crippen molar-refractivity contribution in [2.24, 2.45) is 7.05 Å². The Morgan fingerprint density at radius 3 is 2.54 bits per heavy atom. The highest BCUT2D eigenvalue weighted by molar-refractivity contribution is 6.12. The van der Waals surface area contributed by atoms with Crippen molar-refractivity contribution in [2.45, 2.75) is 31.6 Å². The lowest BCUT2D eigenvalue weighted by Crippen LogP contribution is -2.55. The van der Waals surface area contributed by atoms with Crippen LogP contribution >= 0.6 is 0 Å². The Balaban J connectivity index is 1.63. The van der Waals surface area contributed by atoms with Crippen molar-refractivity contribution in [1.29, 1.82) is 5.26 Å². The van der Waals surface area contributed by atoms with Crippen LogP contribution in [0.15, 0.2) is 72.3 Å². The molecule has 3 aromatic rings. The van der Waals surface area contributed by atoms with Crippen molar-refractivity contribution in [1.82, 2.24) is 19.8 Å². The average molecular weight is 534 g/mol. The van der Waals surface area contributed by atoms with Gasteiger partial charge in [-0.25, -0.2) is 19.5 Å². The molecule has 0 radical (unpaired) electrons. The number of ketones is 1. The molecule has 2 aromatic carbocycles. The number of amides is 4. The fourth-order valence-electron chi connectivity index (χ4n) is 4.82. The molecule has 5 rings (SSSR count). The van der Waals surface area contributed by atoms with Crippen molar-refractivity contribution in [2.75, 3.05) is 4.90 Å². The van der Waals surface area contributed by atoms with E-state index in [0.717, 1.165) is 21.9 Å². The van der Waals surface area contributed by atoms with Gasteiger partial charge in [-0.3, -0.25) is 9.69 Å². The Bertz CT molecular complexity index is 1550. The number of nitrogens with one attached hydrogen (secondary N) is 1. The first-order chi connectivity index (χ1) is 18.6. The molecule has 4 amide bonds. The number of nitriles is 1. The maximum absolute atomic E-state index is 14.0. The molecule has 0 saturated carbocycles. The maximum atomic E-state index is 14.0. The van der Waals surface area contributed by atoms with Crippen LogP contribution in [0.2, 0.25) is 0 Å². The molecule has 0 fully saturated rings. The molecule has 1 unspecified atom stereocenters. The third-order valence-electron chi connectivity index (χ3n) is 6.58. The molecule has 0 bridgehead atoms. The molecule has 1 aromatic heterocycles. The first-order valence-corrected chi connectivity index (χ1v) is 11.9. The molecule has 39 heavy (non-hydrogen) atoms. The van der Waals surface area contributed by atoms with E-state index in [-0.39, 0.29) is 42.1 Å². The largest absolute Gasteiger partial charge is 0.416 e. The summed E-state index contributed by atoms with van der Waals surface area (Å²) in [4.78, 5) is 46.7. The van der Waals surface area contributed by atoms with E-state index in [1.165, 1.54) is 30.6 Å². The molecule has 0 saturated heterocycles. The van der Waals surface area contributed by atoms with Crippen molar-refractivity contribution < 1.29 is 27.6 Å². The summed E-state index contributed by atoms with van der Waals surface area (Å²) in [5, 5.41) is 11.8. The maximum Gasteiger partial charge on any atom is 0.416 e. The highest BCUT2D eigenvalue weighted by atomic mass is 19.4. The van der Waals surface area contributed by atoms with Crippen molar-refractivity contribution in [3.05, 3.63) is 94.7 Å². The standard InChI is InChI=1S/C27H21F3N6O3/c1-34-14-19(33-15-34)13-32-25(38)36-24(17-7-5-16(12-31)6-8-17)23-21(9-10-22(23)37)35(26(36)39)20-4-2-3-18(11-20)27(28,29)30/h2-8,11,14-15,24H,9-10,13H2,1H3,(H,32,38). The highest BCUT2D eigenvalue weighted by Gasteiger charge is 2.48. The zero-order valence-corrected chi connectivity index (χ0v) is 20.6. The van der Waals surface area contributed by atoms with E-state index < -0.39 is 29.8 Å². The first kappa shape index (κ1) is 25.7. The zero-order chi connectivity index (χ0) is 27.9. The van der Waals surface area contributed by atoms with Gasteiger partial charge in [0.25, 0.3) is 0 Å². The lowest BCUT2D eigenvalue weighted by Gasteiger charge is -2.41. The number of halogens is 3. The van der Waals surface area contributed by atoms with E-state index in [0.29, 0.717) is 16.8 Å². The van der Waals surface area contributed by atoms with Gasteiger partial charge in [-0.05, 0) is 42.3 Å². The van der Waals surface area contributed by atoms with Gasteiger partial charge < -0.3 is 9.88 Å². The number of rotatable bonds is 4. The number of anilines is 1. The molecule has 1 atom stereocenters. The van der Waals surface area contributed by atoms with Crippen LogP contribution in [0.5, 0.6) is 0 Å². The number of urea groups is 2. The van der Waals surface area contributed by atoms with E-state index >= 15 is 0 Å². The molecule has 1 N–H and O–H groups in total. The summed E-state index contributed by atoms with van der Waals surface area (Å²) >= 11 is 0. The van der Waals surface area contributed by atoms with Crippen LogP contribution in [0.3, 0.4) is 0 Å². The quantitative estimate of drug-likeness (QED) is 0.516. The van der Waals surface area contributed by atoms with Crippen molar-refractivity contribution in [3.63, 3.8) is 0 Å². The topological polar surface area (TPSA) is 111 Å². The number of imidazole rings is 1. The molecule has 1 aliphatic carbocycles. The van der Waals surface area contributed by atoms with Crippen LogP contribution in [0.4, 0.5) is 28.4 Å². The van der Waals surface area contributed by atoms with Gasteiger partial charge in [0.1, 0.15) is 0 Å². The number of imide groups is 1. The summed E-state index contributed by atoms with van der Waals surface area (Å²) < 4.78 is 42.2. The fourth-order valence-corrected chi connectivity index (χ4v) is 4.82. The number of hydrogen-bond donors (Lipinski definition) is 1. The minimum Gasteiger partial charge on any atom is -0.340 e. The minimum absolute atomic E-state index is 0.0313. The third kappa shape index (κ3) is 4.74. The summed E-state index contributed by atoms with van der Waals surface area (Å²) in [7, 11) is 1.75. The highest BCUT2D eigenvalue weighted by Crippen LogP contribution is 2.45. The molecule has 198 valence electrons. The molecule has 1 aliphatic heterocycles. The lowest BCUT2D eigenvalue weighted by molar-refractivity contribution is -0.137. The zero-order valence-electron chi connectivity index (χ0n) is 20.6. The van der Waals surface area contributed by atoms with Crippen molar-refractivity contribution >= 4 is 23.5 Å². The predicted molar refractivity (Wildman–Crippen MR) is 132 cm³/mol. The predicted octanol–water partition coefficient (Wildman–Crippen LogP) is 4.82. The average Bonchev–Trinajstić information content (AvgIpc) is 3.51. The first-order valence-electron chi connectivity index (χ1n) is 11.9. The number of Topliss-reactive ketones (excluding diaryl/α,β-unsaturated/α-hetero) is 1. The number of carbonyl (C=O) groups is 3. The molecule has 2 heterocycles. The number of nitrogens with zero attached hydrogens (tertiary/aromatic N) is 5. The smallest absolute Gasteiger partial charge is 0.340 e. The van der Waals surface area contributed by atoms with Gasteiger partial charge in [0.2, 0.25) is 0 Å². The van der Waals surface area contributed by atoms with Gasteiger partial charge in [0.05, 0.1) is 47.5 Å². The van der Waals surface area contributed by atoms with Crippen LogP contribution in [-0.4, -0.2) is 32.3 Å². The normalized spacial score (nSPS) is 17.4. The lowest BCUT2D eigenvalue weighted by atomic mass is 9.92. The van der Waals surface area contributed by atoms with E-state index in [1.54, 1.807) is 29.9 Å². The van der Waals surface area contributed by atoms with Gasteiger partial charge in [0.15, 0.2) is 5.78 Å². The number of hydrogen-bond acceptors (Lipinski definition) is 5. The Morgan fingerprint density at radius 1 is 1.15 bits per heavy atom. The third-order valence-corrected chi connectivity index (χ3v) is 6.58. The molecule has 2 aliphatic rings. The van der Waals surface area contributed by atoms with Crippen LogP contribution in [-0.2, 0) is 24.6 Å². The van der Waals surface area contributed by atoms with Gasteiger partial charge in [-0.2, -0.15) is 18.4 Å². The second-order valence-electron chi connectivity index (χ2n) is 9.15. The SMILES string of the molecule is Cn1cnc(CNC(=O)N2C(=O)N(c3cccc(C(F)(F)F)c3)C3=C(C(=O)CC3)C2c2ccc(C#N)cc2)c1. The minimum atomic E-state index is -4.66. The second kappa shape index (κ2) is 9.75. The molecular formula is C27H21F3N6O3. The van der Waals surface area contributed by atoms with E-state index in [1.807, 2.05) is 6.07 Å². The molecular weight excluding hydrogens is 513 g/mol. The Kier molecular flexibility index (Phi) is 6.43. The van der Waals surface area contributed by atoms with Crippen molar-refractivity contribution in [3.8, 4) is 6.07 Å². The summed E-state index contributed by atoms with van der Waals surface area (Å²) in [5.74, 6) is -0.327. The summed E-state index contributed by atoms with van der Waals surface area (Å²) in [6.07, 6.45) is -1.30. The van der Waals surface area contributed by atoms with Gasteiger partial charge in [-0.15, -0.1) is 0 Å². The number of aryl methyl sites for hydroxylation is 1. The number of allylic oxidation sites excluding steroid dienone is 1. The van der Waals surface area contributed by atoms with E-state index in [2.05, 4.69) is 10.3 Å². The summed E-state index contributed by atoms with van der Waals surface area (Å²) in [6, 6.07) is 9.38. The number of alkyl halides is 3. The fraction of sp³-hybridized carbons (Fsp3) is 0.222. The van der Waals surface area contributed by atoms with E-state index in [4.69, 9.17) is 0 Å². The second-order valence-corrected chi connectivity index (χ2v) is 9.15. The Hall–Kier alpha value is -4.92. The Morgan fingerprint density at radius 2 is 1.90 bits per heavy atom. The number of aromatic nitrogens is 2. The molecule has 12 heteroatoms.